The van der Waals surface area contributed by atoms with Gasteiger partial charge in [-0.1, -0.05) is 72.8 Å². The van der Waals surface area contributed by atoms with Crippen molar-refractivity contribution in [2.24, 2.45) is 0 Å². The first-order valence-electron chi connectivity index (χ1n) is 12.4. The standard InChI is InChI=1S/C33H25N3O3/c34-21-27(33(37)36-30-15-7-14-29-28(30)13-8-18-35-29)19-26-16-17-31(38-22-24-9-3-1-4-10-24)32(20-26)39-23-25-11-5-2-6-12-25/h1-20H,22-23H2,(H,36,37)/b27-19-. The lowest BCUT2D eigenvalue weighted by Gasteiger charge is -2.14. The summed E-state index contributed by atoms with van der Waals surface area (Å²) in [7, 11) is 0. The molecule has 4 aromatic carbocycles. The van der Waals surface area contributed by atoms with Gasteiger partial charge in [0.15, 0.2) is 11.5 Å². The molecule has 6 nitrogen and oxygen atoms in total. The maximum Gasteiger partial charge on any atom is 0.266 e. The van der Waals surface area contributed by atoms with Crippen LogP contribution in [0.5, 0.6) is 11.5 Å². The lowest BCUT2D eigenvalue weighted by atomic mass is 10.1. The highest BCUT2D eigenvalue weighted by molar-refractivity contribution is 6.12. The van der Waals surface area contributed by atoms with Gasteiger partial charge >= 0.3 is 0 Å². The SMILES string of the molecule is N#C/C(=C/c1ccc(OCc2ccccc2)c(OCc2ccccc2)c1)C(=O)Nc1cccc2ncccc12. The Labute approximate surface area is 226 Å². The molecule has 0 aliphatic rings. The molecule has 1 amide bonds. The zero-order valence-electron chi connectivity index (χ0n) is 21.1. The predicted molar refractivity (Wildman–Crippen MR) is 152 cm³/mol. The second-order valence-corrected chi connectivity index (χ2v) is 8.75. The van der Waals surface area contributed by atoms with Gasteiger partial charge < -0.3 is 14.8 Å². The van der Waals surface area contributed by atoms with E-state index in [2.05, 4.69) is 10.3 Å². The minimum atomic E-state index is -0.509. The molecule has 1 heterocycles. The molecule has 1 N–H and O–H groups in total. The van der Waals surface area contributed by atoms with E-state index in [1.807, 2.05) is 84.9 Å². The largest absolute Gasteiger partial charge is 0.485 e. The van der Waals surface area contributed by atoms with Crippen LogP contribution in [0.4, 0.5) is 5.69 Å². The molecule has 1 aromatic heterocycles. The fourth-order valence-electron chi connectivity index (χ4n) is 4.03. The van der Waals surface area contributed by atoms with E-state index in [9.17, 15) is 10.1 Å². The van der Waals surface area contributed by atoms with E-state index in [4.69, 9.17) is 9.47 Å². The number of anilines is 1. The van der Waals surface area contributed by atoms with Crippen molar-refractivity contribution < 1.29 is 14.3 Å². The second-order valence-electron chi connectivity index (χ2n) is 8.75. The van der Waals surface area contributed by atoms with Gasteiger partial charge in [0, 0.05) is 11.6 Å². The summed E-state index contributed by atoms with van der Waals surface area (Å²) in [4.78, 5) is 17.4. The molecule has 190 valence electrons. The maximum absolute atomic E-state index is 13.0. The molecule has 0 radical (unpaired) electrons. The number of ether oxygens (including phenoxy) is 2. The number of nitrogens with one attached hydrogen (secondary N) is 1. The number of hydrogen-bond acceptors (Lipinski definition) is 5. The Bertz CT molecular complexity index is 1650. The van der Waals surface area contributed by atoms with Gasteiger partial charge in [-0.2, -0.15) is 5.26 Å². The molecule has 39 heavy (non-hydrogen) atoms. The van der Waals surface area contributed by atoms with Crippen molar-refractivity contribution in [2.75, 3.05) is 5.32 Å². The molecular weight excluding hydrogens is 486 g/mol. The number of carbonyl (C=O) groups excluding carboxylic acids is 1. The Morgan fingerprint density at radius 1 is 0.795 bits per heavy atom. The molecule has 0 atom stereocenters. The lowest BCUT2D eigenvalue weighted by Crippen LogP contribution is -2.13. The number of rotatable bonds is 9. The number of benzene rings is 4. The van der Waals surface area contributed by atoms with Crippen LogP contribution in [-0.2, 0) is 18.0 Å². The van der Waals surface area contributed by atoms with Gasteiger partial charge in [0.1, 0.15) is 24.9 Å². The van der Waals surface area contributed by atoms with E-state index < -0.39 is 5.91 Å². The predicted octanol–water partition coefficient (Wildman–Crippen LogP) is 6.94. The van der Waals surface area contributed by atoms with E-state index in [0.717, 1.165) is 22.0 Å². The van der Waals surface area contributed by atoms with Gasteiger partial charge in [0.25, 0.3) is 5.91 Å². The number of carbonyl (C=O) groups is 1. The molecule has 5 aromatic rings. The fraction of sp³-hybridized carbons (Fsp3) is 0.0606. The van der Waals surface area contributed by atoms with Crippen LogP contribution >= 0.6 is 0 Å². The second kappa shape index (κ2) is 12.2. The van der Waals surface area contributed by atoms with Crippen LogP contribution in [0, 0.1) is 11.3 Å². The smallest absolute Gasteiger partial charge is 0.266 e. The van der Waals surface area contributed by atoms with Gasteiger partial charge in [-0.25, -0.2) is 0 Å². The van der Waals surface area contributed by atoms with E-state index in [1.165, 1.54) is 6.08 Å². The van der Waals surface area contributed by atoms with Crippen molar-refractivity contribution in [2.45, 2.75) is 13.2 Å². The molecule has 0 spiro atoms. The summed E-state index contributed by atoms with van der Waals surface area (Å²) in [6.07, 6.45) is 3.23. The highest BCUT2D eigenvalue weighted by Gasteiger charge is 2.13. The van der Waals surface area contributed by atoms with Crippen LogP contribution in [-0.4, -0.2) is 10.9 Å². The quantitative estimate of drug-likeness (QED) is 0.171. The summed E-state index contributed by atoms with van der Waals surface area (Å²) >= 11 is 0. The Morgan fingerprint density at radius 3 is 2.18 bits per heavy atom. The van der Waals surface area contributed by atoms with Gasteiger partial charge in [-0.3, -0.25) is 9.78 Å². The summed E-state index contributed by atoms with van der Waals surface area (Å²) in [5.74, 6) is 0.574. The van der Waals surface area contributed by atoms with Crippen LogP contribution < -0.4 is 14.8 Å². The minimum absolute atomic E-state index is 0.0390. The Hall–Kier alpha value is -5.41. The molecular formula is C33H25N3O3. The third-order valence-corrected chi connectivity index (χ3v) is 6.01. The molecule has 0 fully saturated rings. The summed E-state index contributed by atoms with van der Waals surface area (Å²) in [5, 5.41) is 13.4. The summed E-state index contributed by atoms with van der Waals surface area (Å²) in [6, 6.07) is 36.2. The van der Waals surface area contributed by atoms with E-state index in [-0.39, 0.29) is 5.57 Å². The molecule has 6 heteroatoms. The average molecular weight is 512 g/mol. The number of aromatic nitrogens is 1. The number of nitrogens with zero attached hydrogens (tertiary/aromatic N) is 2. The zero-order valence-corrected chi connectivity index (χ0v) is 21.1. The number of pyridine rings is 1. The Balaban J connectivity index is 1.39. The molecule has 0 saturated heterocycles. The van der Waals surface area contributed by atoms with Crippen LogP contribution in [0.15, 0.2) is 121 Å². The zero-order chi connectivity index (χ0) is 26.9. The maximum atomic E-state index is 13.0. The first kappa shape index (κ1) is 25.2. The number of hydrogen-bond donors (Lipinski definition) is 1. The van der Waals surface area contributed by atoms with Crippen molar-refractivity contribution in [3.8, 4) is 17.6 Å². The van der Waals surface area contributed by atoms with Crippen LogP contribution in [0.2, 0.25) is 0 Å². The van der Waals surface area contributed by atoms with Crippen LogP contribution in [0.3, 0.4) is 0 Å². The van der Waals surface area contributed by atoms with Crippen molar-refractivity contribution >= 4 is 28.6 Å². The molecule has 0 bridgehead atoms. The number of amides is 1. The monoisotopic (exact) mass is 511 g/mol. The molecule has 5 rings (SSSR count). The van der Waals surface area contributed by atoms with E-state index in [1.54, 1.807) is 36.5 Å². The first-order valence-corrected chi connectivity index (χ1v) is 12.4. The third-order valence-electron chi connectivity index (χ3n) is 6.01. The van der Waals surface area contributed by atoms with Gasteiger partial charge in [-0.05, 0) is 59.2 Å². The summed E-state index contributed by atoms with van der Waals surface area (Å²) < 4.78 is 12.2. The Kier molecular flexibility index (Phi) is 7.91. The van der Waals surface area contributed by atoms with Crippen molar-refractivity contribution in [1.29, 1.82) is 5.26 Å². The molecule has 0 aliphatic carbocycles. The Morgan fingerprint density at radius 2 is 1.49 bits per heavy atom. The van der Waals surface area contributed by atoms with Gasteiger partial charge in [0.2, 0.25) is 0 Å². The molecule has 0 aliphatic heterocycles. The van der Waals surface area contributed by atoms with Crippen molar-refractivity contribution in [3.05, 3.63) is 138 Å². The highest BCUT2D eigenvalue weighted by Crippen LogP contribution is 2.31. The minimum Gasteiger partial charge on any atom is -0.485 e. The normalized spacial score (nSPS) is 11.0. The topological polar surface area (TPSA) is 84.2 Å². The average Bonchev–Trinajstić information content (AvgIpc) is 2.99. The highest BCUT2D eigenvalue weighted by atomic mass is 16.5. The van der Waals surface area contributed by atoms with Crippen LogP contribution in [0.25, 0.3) is 17.0 Å². The fourth-order valence-corrected chi connectivity index (χ4v) is 4.03. The number of nitriles is 1. The third kappa shape index (κ3) is 6.48. The van der Waals surface area contributed by atoms with Gasteiger partial charge in [-0.15, -0.1) is 0 Å². The van der Waals surface area contributed by atoms with E-state index in [0.29, 0.717) is 36.0 Å². The lowest BCUT2D eigenvalue weighted by molar-refractivity contribution is -0.112. The van der Waals surface area contributed by atoms with Crippen LogP contribution in [0.1, 0.15) is 16.7 Å². The number of fused-ring (bicyclic) bond motifs is 1. The molecule has 0 saturated carbocycles. The van der Waals surface area contributed by atoms with E-state index >= 15 is 0 Å². The summed E-state index contributed by atoms with van der Waals surface area (Å²) in [6.45, 7) is 0.722. The molecule has 0 unspecified atom stereocenters. The van der Waals surface area contributed by atoms with Crippen molar-refractivity contribution in [3.63, 3.8) is 0 Å². The first-order chi connectivity index (χ1) is 19.2. The summed E-state index contributed by atoms with van der Waals surface area (Å²) in [5.41, 5.74) is 3.98. The van der Waals surface area contributed by atoms with Gasteiger partial charge in [0.05, 0.1) is 11.2 Å². The van der Waals surface area contributed by atoms with Crippen molar-refractivity contribution in [1.82, 2.24) is 4.98 Å².